The van der Waals surface area contributed by atoms with Crippen LogP contribution in [0.3, 0.4) is 0 Å². The number of hydrogen-bond donors (Lipinski definition) is 0. The predicted molar refractivity (Wildman–Crippen MR) is 325 cm³/mol. The molecule has 0 bridgehead atoms. The summed E-state index contributed by atoms with van der Waals surface area (Å²) in [7, 11) is 0. The summed E-state index contributed by atoms with van der Waals surface area (Å²) in [4.78, 5) is 38.2. The van der Waals surface area contributed by atoms with Gasteiger partial charge in [-0.15, -0.1) is 0 Å². The summed E-state index contributed by atoms with van der Waals surface area (Å²) < 4.78 is 16.9. The highest BCUT2D eigenvalue weighted by Gasteiger charge is 2.19. The first kappa shape index (κ1) is 71.3. The number of allylic oxidation sites excluding steroid dienone is 16. The molecule has 0 aliphatic heterocycles. The number of ether oxygens (including phenoxy) is 3. The average Bonchev–Trinajstić information content (AvgIpc) is 3.41. The van der Waals surface area contributed by atoms with Gasteiger partial charge in [-0.2, -0.15) is 0 Å². The fourth-order valence-corrected chi connectivity index (χ4v) is 8.83. The molecule has 430 valence electrons. The topological polar surface area (TPSA) is 78.9 Å². The van der Waals surface area contributed by atoms with E-state index in [1.807, 2.05) is 0 Å². The largest absolute Gasteiger partial charge is 0.462 e. The van der Waals surface area contributed by atoms with Crippen molar-refractivity contribution in [3.05, 3.63) is 97.2 Å². The molecule has 0 aromatic rings. The first-order chi connectivity index (χ1) is 37.0. The lowest BCUT2D eigenvalue weighted by atomic mass is 10.1. The van der Waals surface area contributed by atoms with E-state index < -0.39 is 6.10 Å². The second-order valence-electron chi connectivity index (χ2n) is 20.9. The molecule has 0 spiro atoms. The van der Waals surface area contributed by atoms with Crippen molar-refractivity contribution in [1.82, 2.24) is 0 Å². The Hall–Kier alpha value is -3.67. The van der Waals surface area contributed by atoms with Crippen molar-refractivity contribution in [2.24, 2.45) is 0 Å². The van der Waals surface area contributed by atoms with Crippen LogP contribution >= 0.6 is 0 Å². The molecule has 0 N–H and O–H groups in total. The van der Waals surface area contributed by atoms with Gasteiger partial charge >= 0.3 is 17.9 Å². The van der Waals surface area contributed by atoms with Gasteiger partial charge in [0, 0.05) is 19.3 Å². The molecule has 0 aromatic heterocycles. The normalized spacial score (nSPS) is 12.7. The number of rotatable bonds is 57. The maximum absolute atomic E-state index is 12.9. The van der Waals surface area contributed by atoms with Gasteiger partial charge in [0.15, 0.2) is 6.10 Å². The smallest absolute Gasteiger partial charge is 0.306 e. The molecular weight excluding hydrogens is 925 g/mol. The minimum Gasteiger partial charge on any atom is -0.462 e. The van der Waals surface area contributed by atoms with Gasteiger partial charge in [0.05, 0.1) is 0 Å². The first-order valence-corrected chi connectivity index (χ1v) is 31.7. The standard InChI is InChI=1S/C69H118O6/c1-4-7-10-13-16-19-22-24-26-28-29-30-31-32-33-34-35-36-37-38-39-40-41-42-44-45-47-50-53-56-59-62-68(71)74-65-66(64-73-67(70)61-58-55-52-49-21-18-15-12-9-6-3)75-69(72)63-60-57-54-51-48-46-43-27-25-23-20-17-14-11-8-5-2/h7,10,16,19,24,26-27,29-30,32-33,35-36,38-39,43,66H,4-6,8-9,11-15,17-18,20-23,25,28,31,34,37,40-42,44-65H2,1-3H3/b10-7-,19-16-,26-24-,30-29-,33-32-,36-35-,39-38-,43-27-. The Bertz CT molecular complexity index is 1480. The maximum atomic E-state index is 12.9. The van der Waals surface area contributed by atoms with E-state index in [-0.39, 0.29) is 31.1 Å². The van der Waals surface area contributed by atoms with Crippen molar-refractivity contribution in [3.8, 4) is 0 Å². The Labute approximate surface area is 464 Å². The summed E-state index contributed by atoms with van der Waals surface area (Å²) >= 11 is 0. The van der Waals surface area contributed by atoms with Crippen molar-refractivity contribution in [3.63, 3.8) is 0 Å². The van der Waals surface area contributed by atoms with Crippen molar-refractivity contribution in [1.29, 1.82) is 0 Å². The molecule has 6 nitrogen and oxygen atoms in total. The molecule has 0 heterocycles. The molecule has 0 amide bonds. The molecule has 0 aliphatic carbocycles. The predicted octanol–water partition coefficient (Wildman–Crippen LogP) is 21.7. The Morgan fingerprint density at radius 2 is 0.520 bits per heavy atom. The molecule has 0 rings (SSSR count). The van der Waals surface area contributed by atoms with Gasteiger partial charge < -0.3 is 14.2 Å². The van der Waals surface area contributed by atoms with Crippen molar-refractivity contribution in [2.45, 2.75) is 309 Å². The molecular formula is C69H118O6. The fourth-order valence-electron chi connectivity index (χ4n) is 8.83. The van der Waals surface area contributed by atoms with Gasteiger partial charge in [0.1, 0.15) is 13.2 Å². The Morgan fingerprint density at radius 1 is 0.280 bits per heavy atom. The summed E-state index contributed by atoms with van der Waals surface area (Å²) in [6.07, 6.45) is 84.2. The van der Waals surface area contributed by atoms with Crippen LogP contribution in [0, 0.1) is 0 Å². The molecule has 0 saturated carbocycles. The molecule has 1 atom stereocenters. The third kappa shape index (κ3) is 61.1. The Balaban J connectivity index is 4.22. The molecule has 1 unspecified atom stereocenters. The molecule has 6 heteroatoms. The summed E-state index contributed by atoms with van der Waals surface area (Å²) in [5.41, 5.74) is 0. The van der Waals surface area contributed by atoms with E-state index in [1.54, 1.807) is 0 Å². The lowest BCUT2D eigenvalue weighted by Crippen LogP contribution is -2.30. The summed E-state index contributed by atoms with van der Waals surface area (Å²) in [6.45, 7) is 6.52. The van der Waals surface area contributed by atoms with Crippen LogP contribution in [0.15, 0.2) is 97.2 Å². The number of carbonyl (C=O) groups is 3. The zero-order valence-electron chi connectivity index (χ0n) is 49.3. The maximum Gasteiger partial charge on any atom is 0.306 e. The second kappa shape index (κ2) is 62.9. The monoisotopic (exact) mass is 1040 g/mol. The minimum atomic E-state index is -0.782. The number of hydrogen-bond acceptors (Lipinski definition) is 6. The average molecular weight is 1040 g/mol. The van der Waals surface area contributed by atoms with Crippen LogP contribution in [-0.4, -0.2) is 37.2 Å². The molecule has 0 aliphatic rings. The summed E-state index contributed by atoms with van der Waals surface area (Å²) in [5.74, 6) is -0.887. The highest BCUT2D eigenvalue weighted by Crippen LogP contribution is 2.16. The van der Waals surface area contributed by atoms with Gasteiger partial charge in [-0.25, -0.2) is 0 Å². The molecule has 0 aromatic carbocycles. The van der Waals surface area contributed by atoms with E-state index >= 15 is 0 Å². The lowest BCUT2D eigenvalue weighted by molar-refractivity contribution is -0.167. The van der Waals surface area contributed by atoms with Crippen molar-refractivity contribution < 1.29 is 28.6 Å². The van der Waals surface area contributed by atoms with E-state index in [9.17, 15) is 14.4 Å². The van der Waals surface area contributed by atoms with Gasteiger partial charge in [-0.1, -0.05) is 279 Å². The van der Waals surface area contributed by atoms with Crippen LogP contribution in [0.4, 0.5) is 0 Å². The van der Waals surface area contributed by atoms with Gasteiger partial charge in [0.2, 0.25) is 0 Å². The summed E-state index contributed by atoms with van der Waals surface area (Å²) in [6, 6.07) is 0. The minimum absolute atomic E-state index is 0.0795. The zero-order chi connectivity index (χ0) is 54.3. The SMILES string of the molecule is CC/C=C\C/C=C\C/C=C\C/C=C\C/C=C\C/C=C\C/C=C\CCCCCCCCCCCC(=O)OCC(COC(=O)CCCCCCCCCCCC)OC(=O)CCCCCCC/C=C\CCCCCCCCC. The van der Waals surface area contributed by atoms with Crippen LogP contribution in [0.2, 0.25) is 0 Å². The quantitative estimate of drug-likeness (QED) is 0.0261. The Morgan fingerprint density at radius 3 is 0.827 bits per heavy atom. The van der Waals surface area contributed by atoms with Gasteiger partial charge in [0.25, 0.3) is 0 Å². The third-order valence-corrected chi connectivity index (χ3v) is 13.6. The van der Waals surface area contributed by atoms with Crippen molar-refractivity contribution >= 4 is 17.9 Å². The van der Waals surface area contributed by atoms with Crippen LogP contribution in [0.1, 0.15) is 303 Å². The van der Waals surface area contributed by atoms with E-state index in [1.165, 1.54) is 141 Å². The number of unbranched alkanes of at least 4 members (excludes halogenated alkanes) is 30. The van der Waals surface area contributed by atoms with Crippen LogP contribution in [0.25, 0.3) is 0 Å². The van der Waals surface area contributed by atoms with E-state index in [4.69, 9.17) is 14.2 Å². The van der Waals surface area contributed by atoms with E-state index in [0.717, 1.165) is 122 Å². The van der Waals surface area contributed by atoms with Crippen LogP contribution in [0.5, 0.6) is 0 Å². The zero-order valence-corrected chi connectivity index (χ0v) is 49.3. The first-order valence-electron chi connectivity index (χ1n) is 31.7. The third-order valence-electron chi connectivity index (χ3n) is 13.6. The lowest BCUT2D eigenvalue weighted by Gasteiger charge is -2.18. The van der Waals surface area contributed by atoms with Crippen LogP contribution in [-0.2, 0) is 28.6 Å². The number of carbonyl (C=O) groups excluding carboxylic acids is 3. The molecule has 0 saturated heterocycles. The Kier molecular flexibility index (Phi) is 59.8. The summed E-state index contributed by atoms with van der Waals surface area (Å²) in [5, 5.41) is 0. The molecule has 75 heavy (non-hydrogen) atoms. The van der Waals surface area contributed by atoms with E-state index in [0.29, 0.717) is 19.3 Å². The van der Waals surface area contributed by atoms with Gasteiger partial charge in [-0.3, -0.25) is 14.4 Å². The highest BCUT2D eigenvalue weighted by atomic mass is 16.6. The molecule has 0 radical (unpaired) electrons. The fraction of sp³-hybridized carbons (Fsp3) is 0.725. The second-order valence-corrected chi connectivity index (χ2v) is 20.9. The van der Waals surface area contributed by atoms with Gasteiger partial charge in [-0.05, 0) is 103 Å². The molecule has 0 fully saturated rings. The van der Waals surface area contributed by atoms with E-state index in [2.05, 4.69) is 118 Å². The highest BCUT2D eigenvalue weighted by molar-refractivity contribution is 5.71. The van der Waals surface area contributed by atoms with Crippen molar-refractivity contribution in [2.75, 3.05) is 13.2 Å². The van der Waals surface area contributed by atoms with Crippen LogP contribution < -0.4 is 0 Å². The number of esters is 3.